The Morgan fingerprint density at radius 3 is 2.67 bits per heavy atom. The molecule has 0 amide bonds. The Morgan fingerprint density at radius 1 is 1.43 bits per heavy atom. The molecule has 21 heavy (non-hydrogen) atoms. The summed E-state index contributed by atoms with van der Waals surface area (Å²) in [4.78, 5) is 13.9. The van der Waals surface area contributed by atoms with Crippen LogP contribution in [0, 0.1) is 0 Å². The van der Waals surface area contributed by atoms with Crippen LogP contribution in [0.15, 0.2) is 0 Å². The van der Waals surface area contributed by atoms with E-state index in [4.69, 9.17) is 4.74 Å². The first kappa shape index (κ1) is 18.7. The van der Waals surface area contributed by atoms with Crippen molar-refractivity contribution in [2.45, 2.75) is 70.4 Å². The number of hydrogen-bond acceptors (Lipinski definition) is 4. The van der Waals surface area contributed by atoms with Crippen molar-refractivity contribution in [1.29, 1.82) is 0 Å². The van der Waals surface area contributed by atoms with Gasteiger partial charge in [0.25, 0.3) is 0 Å². The molecule has 0 aromatic heterocycles. The molecule has 124 valence electrons. The third-order valence-electron chi connectivity index (χ3n) is 5.46. The quantitative estimate of drug-likeness (QED) is 0.579. The molecular weight excluding hydrogens is 280 g/mol. The van der Waals surface area contributed by atoms with Crippen molar-refractivity contribution in [2.75, 3.05) is 26.7 Å². The number of rotatable bonds is 7. The van der Waals surface area contributed by atoms with E-state index in [1.54, 1.807) is 0 Å². The van der Waals surface area contributed by atoms with Crippen molar-refractivity contribution in [1.82, 2.24) is 10.2 Å². The number of nitrogens with one attached hydrogen (secondary N) is 1. The van der Waals surface area contributed by atoms with Crippen molar-refractivity contribution in [3.63, 3.8) is 0 Å². The summed E-state index contributed by atoms with van der Waals surface area (Å²) in [5.74, 6) is 0.351. The highest BCUT2D eigenvalue weighted by Crippen LogP contribution is 2.44. The molecule has 4 nitrogen and oxygen atoms in total. The molecule has 0 spiro atoms. The number of carbonyl (C=O) groups is 1. The third kappa shape index (κ3) is 4.54. The summed E-state index contributed by atoms with van der Waals surface area (Å²) in [7, 11) is -0.0641. The Kier molecular flexibility index (Phi) is 6.88. The average Bonchev–Trinajstić information content (AvgIpc) is 2.44. The first-order chi connectivity index (χ1) is 9.76. The Hall–Kier alpha value is -0.393. The molecule has 1 atom stereocenters. The summed E-state index contributed by atoms with van der Waals surface area (Å²) in [6.45, 7) is 15.1. The van der Waals surface area contributed by atoms with Gasteiger partial charge in [-0.3, -0.25) is 9.69 Å². The Bertz CT molecular complexity index is 345. The first-order valence-electron chi connectivity index (χ1n) is 8.30. The second kappa shape index (κ2) is 7.74. The first-order valence-corrected chi connectivity index (χ1v) is 11.4. The number of carbonyl (C=O) groups excluding carboxylic acids is 1. The Morgan fingerprint density at radius 2 is 2.10 bits per heavy atom. The van der Waals surface area contributed by atoms with Crippen LogP contribution in [0.3, 0.4) is 0 Å². The molecule has 1 rings (SSSR count). The van der Waals surface area contributed by atoms with Crippen LogP contribution in [0.25, 0.3) is 0 Å². The molecule has 1 aliphatic heterocycles. The highest BCUT2D eigenvalue weighted by atomic mass is 28.3. The van der Waals surface area contributed by atoms with Gasteiger partial charge in [-0.1, -0.05) is 46.7 Å². The minimum Gasteiger partial charge on any atom is -0.469 e. The SMILES string of the molecule is CCCC(C)(C)[Si](C)(C)C1NCCCN1CCC(=O)OC. The zero-order chi connectivity index (χ0) is 16.1. The van der Waals surface area contributed by atoms with E-state index in [2.05, 4.69) is 44.1 Å². The smallest absolute Gasteiger partial charge is 0.306 e. The normalized spacial score (nSPS) is 21.3. The van der Waals surface area contributed by atoms with E-state index in [1.807, 2.05) is 0 Å². The van der Waals surface area contributed by atoms with Crippen LogP contribution >= 0.6 is 0 Å². The highest BCUT2D eigenvalue weighted by Gasteiger charge is 2.47. The van der Waals surface area contributed by atoms with Crippen molar-refractivity contribution in [3.8, 4) is 0 Å². The van der Waals surface area contributed by atoms with Crippen LogP contribution in [0.4, 0.5) is 0 Å². The molecule has 0 bridgehead atoms. The third-order valence-corrected chi connectivity index (χ3v) is 11.1. The molecule has 1 N–H and O–H groups in total. The van der Waals surface area contributed by atoms with Crippen molar-refractivity contribution in [3.05, 3.63) is 0 Å². The summed E-state index contributed by atoms with van der Waals surface area (Å²) in [5, 5.41) is 4.14. The molecule has 0 aliphatic carbocycles. The van der Waals surface area contributed by atoms with Gasteiger partial charge >= 0.3 is 5.97 Å². The van der Waals surface area contributed by atoms with Crippen molar-refractivity contribution >= 4 is 14.0 Å². The minimum atomic E-state index is -1.53. The molecule has 0 aromatic rings. The molecule has 0 radical (unpaired) electrons. The van der Waals surface area contributed by atoms with Crippen LogP contribution in [-0.2, 0) is 9.53 Å². The highest BCUT2D eigenvalue weighted by molar-refractivity contribution is 6.81. The molecule has 0 aromatic carbocycles. The lowest BCUT2D eigenvalue weighted by Gasteiger charge is -2.51. The molecule has 1 aliphatic rings. The van der Waals surface area contributed by atoms with Gasteiger partial charge in [0.15, 0.2) is 0 Å². The van der Waals surface area contributed by atoms with Crippen LogP contribution in [0.5, 0.6) is 0 Å². The maximum absolute atomic E-state index is 11.5. The molecule has 1 fully saturated rings. The number of nitrogens with zero attached hydrogens (tertiary/aromatic N) is 1. The fraction of sp³-hybridized carbons (Fsp3) is 0.938. The summed E-state index contributed by atoms with van der Waals surface area (Å²) in [6.07, 6.45) is 4.16. The van der Waals surface area contributed by atoms with Crippen molar-refractivity contribution in [2.24, 2.45) is 0 Å². The standard InChI is InChI=1S/C16H34N2O2Si/c1-7-10-16(2,3)21(5,6)15-17-11-8-12-18(15)13-9-14(19)20-4/h15,17H,7-13H2,1-6H3. The van der Waals surface area contributed by atoms with Gasteiger partial charge in [0.1, 0.15) is 0 Å². The summed E-state index contributed by atoms with van der Waals surface area (Å²) < 4.78 is 4.79. The second-order valence-corrected chi connectivity index (χ2v) is 12.8. The van der Waals surface area contributed by atoms with Crippen molar-refractivity contribution < 1.29 is 9.53 Å². The van der Waals surface area contributed by atoms with Gasteiger partial charge in [0, 0.05) is 18.9 Å². The van der Waals surface area contributed by atoms with E-state index in [9.17, 15) is 4.79 Å². The summed E-state index contributed by atoms with van der Waals surface area (Å²) in [5.41, 5.74) is 0. The number of esters is 1. The lowest BCUT2D eigenvalue weighted by atomic mass is 10.1. The van der Waals surface area contributed by atoms with Crippen LogP contribution in [0.2, 0.25) is 18.1 Å². The molecular formula is C16H34N2O2Si. The largest absolute Gasteiger partial charge is 0.469 e. The summed E-state index contributed by atoms with van der Waals surface area (Å²) in [6, 6.07) is 0. The maximum Gasteiger partial charge on any atom is 0.306 e. The molecule has 1 saturated heterocycles. The zero-order valence-corrected chi connectivity index (χ0v) is 15.8. The van der Waals surface area contributed by atoms with Gasteiger partial charge in [-0.15, -0.1) is 0 Å². The fourth-order valence-corrected chi connectivity index (χ4v) is 6.85. The van der Waals surface area contributed by atoms with E-state index < -0.39 is 8.07 Å². The predicted octanol–water partition coefficient (Wildman–Crippen LogP) is 3.00. The molecule has 1 unspecified atom stereocenters. The number of hydrogen-bond donors (Lipinski definition) is 1. The van der Waals surface area contributed by atoms with Gasteiger partial charge in [-0.05, 0) is 18.0 Å². The van der Waals surface area contributed by atoms with Gasteiger partial charge in [0.2, 0.25) is 0 Å². The van der Waals surface area contributed by atoms with E-state index in [1.165, 1.54) is 20.0 Å². The van der Waals surface area contributed by atoms with Gasteiger partial charge in [-0.2, -0.15) is 0 Å². The Labute approximate surface area is 131 Å². The average molecular weight is 315 g/mol. The van der Waals surface area contributed by atoms with Crippen LogP contribution in [0.1, 0.15) is 46.5 Å². The molecule has 0 saturated carbocycles. The lowest BCUT2D eigenvalue weighted by molar-refractivity contribution is -0.141. The maximum atomic E-state index is 11.5. The van der Waals surface area contributed by atoms with E-state index in [0.29, 0.717) is 17.2 Å². The number of ether oxygens (including phenoxy) is 1. The lowest BCUT2D eigenvalue weighted by Crippen LogP contribution is -2.67. The Balaban J connectivity index is 2.81. The zero-order valence-electron chi connectivity index (χ0n) is 14.8. The predicted molar refractivity (Wildman–Crippen MR) is 91.0 cm³/mol. The van der Waals surface area contributed by atoms with Crippen LogP contribution < -0.4 is 5.32 Å². The van der Waals surface area contributed by atoms with Gasteiger partial charge in [0.05, 0.1) is 21.6 Å². The topological polar surface area (TPSA) is 41.6 Å². The van der Waals surface area contributed by atoms with E-state index >= 15 is 0 Å². The fourth-order valence-electron chi connectivity index (χ4n) is 3.39. The van der Waals surface area contributed by atoms with E-state index in [0.717, 1.165) is 26.1 Å². The number of methoxy groups -OCH3 is 1. The van der Waals surface area contributed by atoms with Crippen LogP contribution in [-0.4, -0.2) is 51.5 Å². The second-order valence-electron chi connectivity index (χ2n) is 7.43. The molecule has 5 heteroatoms. The minimum absolute atomic E-state index is 0.105. The van der Waals surface area contributed by atoms with E-state index in [-0.39, 0.29) is 5.97 Å². The summed E-state index contributed by atoms with van der Waals surface area (Å²) >= 11 is 0. The molecule has 1 heterocycles. The van der Waals surface area contributed by atoms with Gasteiger partial charge in [-0.25, -0.2) is 0 Å². The monoisotopic (exact) mass is 314 g/mol. The van der Waals surface area contributed by atoms with Gasteiger partial charge < -0.3 is 10.1 Å².